The topological polar surface area (TPSA) is 57.1 Å². The smallest absolute Gasteiger partial charge is 0.0875 e. The molecule has 4 N–H and O–H groups in total. The van der Waals surface area contributed by atoms with Crippen LogP contribution in [0.15, 0.2) is 5.57 Å². The van der Waals surface area contributed by atoms with E-state index in [1.807, 2.05) is 0 Å². The molecule has 3 heterocycles. The molecule has 18 heavy (non-hydrogen) atoms. The highest BCUT2D eigenvalue weighted by Gasteiger charge is 2.47. The third-order valence-electron chi connectivity index (χ3n) is 4.81. The molecule has 0 aromatic carbocycles. The van der Waals surface area contributed by atoms with E-state index in [2.05, 4.69) is 56.9 Å². The summed E-state index contributed by atoms with van der Waals surface area (Å²) < 4.78 is 0. The zero-order valence-corrected chi connectivity index (χ0v) is 12.0. The van der Waals surface area contributed by atoms with E-state index in [-0.39, 0.29) is 11.1 Å². The summed E-state index contributed by atoms with van der Waals surface area (Å²) in [6.07, 6.45) is 0. The summed E-state index contributed by atoms with van der Waals surface area (Å²) in [4.78, 5) is 5.80. The lowest BCUT2D eigenvalue weighted by atomic mass is 9.85. The predicted molar refractivity (Wildman–Crippen MR) is 76.7 cm³/mol. The number of hydrogen-bond acceptors (Lipinski definition) is 3. The number of anilines is 2. The average Bonchev–Trinajstić information content (AvgIpc) is 2.62. The van der Waals surface area contributed by atoms with Gasteiger partial charge in [-0.3, -0.25) is 0 Å². The number of fused-ring (bicyclic) bond motifs is 3. The molecule has 0 amide bonds. The molecular formula is C14H22N4. The lowest BCUT2D eigenvalue weighted by Gasteiger charge is -2.48. The monoisotopic (exact) mass is 246 g/mol. The van der Waals surface area contributed by atoms with Crippen molar-refractivity contribution in [3.63, 3.8) is 0 Å². The molecule has 2 aliphatic rings. The summed E-state index contributed by atoms with van der Waals surface area (Å²) in [6.45, 7) is 10.9. The third-order valence-corrected chi connectivity index (χ3v) is 4.81. The van der Waals surface area contributed by atoms with Gasteiger partial charge in [0, 0.05) is 7.05 Å². The van der Waals surface area contributed by atoms with E-state index in [1.165, 1.54) is 17.0 Å². The lowest BCUT2D eigenvalue weighted by Crippen LogP contribution is -2.48. The Hall–Kier alpha value is -1.58. The van der Waals surface area contributed by atoms with Crippen LogP contribution in [0.25, 0.3) is 5.70 Å². The number of rotatable bonds is 0. The Labute approximate surface area is 108 Å². The van der Waals surface area contributed by atoms with Crippen molar-refractivity contribution in [2.75, 3.05) is 17.3 Å². The van der Waals surface area contributed by atoms with Crippen LogP contribution in [0.1, 0.15) is 46.0 Å². The number of nitrogens with one attached hydrogen (secondary N) is 2. The van der Waals surface area contributed by atoms with E-state index >= 15 is 0 Å². The van der Waals surface area contributed by atoms with E-state index < -0.39 is 0 Å². The van der Waals surface area contributed by atoms with Crippen LogP contribution in [0.5, 0.6) is 0 Å². The lowest BCUT2D eigenvalue weighted by molar-refractivity contribution is 0.451. The quantitative estimate of drug-likeness (QED) is 0.659. The van der Waals surface area contributed by atoms with E-state index in [1.54, 1.807) is 0 Å². The fourth-order valence-corrected chi connectivity index (χ4v) is 2.92. The predicted octanol–water partition coefficient (Wildman–Crippen LogP) is 2.59. The third kappa shape index (κ3) is 1.06. The number of hydrogen-bond donors (Lipinski definition) is 3. The molecule has 1 aromatic rings. The summed E-state index contributed by atoms with van der Waals surface area (Å²) in [5.74, 6) is 0. The summed E-state index contributed by atoms with van der Waals surface area (Å²) in [6, 6.07) is 0. The van der Waals surface area contributed by atoms with Gasteiger partial charge in [-0.2, -0.15) is 0 Å². The van der Waals surface area contributed by atoms with E-state index in [0.29, 0.717) is 0 Å². The van der Waals surface area contributed by atoms with Gasteiger partial charge >= 0.3 is 0 Å². The molecule has 0 radical (unpaired) electrons. The van der Waals surface area contributed by atoms with Gasteiger partial charge in [0.15, 0.2) is 0 Å². The molecule has 0 saturated carbocycles. The van der Waals surface area contributed by atoms with Crippen molar-refractivity contribution in [1.82, 2.24) is 4.98 Å². The number of aromatic nitrogens is 1. The van der Waals surface area contributed by atoms with Crippen LogP contribution in [0.4, 0.5) is 11.4 Å². The molecule has 1 aromatic heterocycles. The average molecular weight is 246 g/mol. The van der Waals surface area contributed by atoms with E-state index in [4.69, 9.17) is 5.73 Å². The summed E-state index contributed by atoms with van der Waals surface area (Å²) >= 11 is 0. The highest BCUT2D eigenvalue weighted by molar-refractivity contribution is 5.93. The first kappa shape index (κ1) is 11.5. The summed E-state index contributed by atoms with van der Waals surface area (Å²) in [7, 11) is 2.13. The normalized spacial score (nSPS) is 23.1. The van der Waals surface area contributed by atoms with E-state index in [0.717, 1.165) is 17.1 Å². The van der Waals surface area contributed by atoms with Crippen LogP contribution in [-0.4, -0.2) is 17.6 Å². The minimum absolute atomic E-state index is 0.0622. The molecule has 0 bridgehead atoms. The van der Waals surface area contributed by atoms with Crippen molar-refractivity contribution in [2.24, 2.45) is 5.73 Å². The molecule has 0 spiro atoms. The van der Waals surface area contributed by atoms with Crippen LogP contribution < -0.4 is 16.0 Å². The molecular weight excluding hydrogens is 224 g/mol. The van der Waals surface area contributed by atoms with Crippen molar-refractivity contribution in [2.45, 2.75) is 45.7 Å². The van der Waals surface area contributed by atoms with Gasteiger partial charge in [0.25, 0.3) is 0 Å². The second kappa shape index (κ2) is 2.87. The maximum Gasteiger partial charge on any atom is 0.0875 e. The highest BCUT2D eigenvalue weighted by atomic mass is 15.3. The number of aromatic amines is 1. The van der Waals surface area contributed by atoms with Gasteiger partial charge in [0.2, 0.25) is 0 Å². The first-order valence-corrected chi connectivity index (χ1v) is 6.43. The van der Waals surface area contributed by atoms with Gasteiger partial charge < -0.3 is 20.9 Å². The summed E-state index contributed by atoms with van der Waals surface area (Å²) in [5, 5.41) is 3.61. The van der Waals surface area contributed by atoms with Gasteiger partial charge in [-0.25, -0.2) is 0 Å². The fourth-order valence-electron chi connectivity index (χ4n) is 2.92. The van der Waals surface area contributed by atoms with E-state index in [9.17, 15) is 0 Å². The van der Waals surface area contributed by atoms with Crippen molar-refractivity contribution < 1.29 is 0 Å². The Bertz CT molecular complexity index is 575. The van der Waals surface area contributed by atoms with Gasteiger partial charge in [0.05, 0.1) is 39.5 Å². The first-order chi connectivity index (χ1) is 8.18. The van der Waals surface area contributed by atoms with Gasteiger partial charge in [-0.05, 0) is 40.2 Å². The van der Waals surface area contributed by atoms with Crippen molar-refractivity contribution in [3.8, 4) is 0 Å². The minimum atomic E-state index is -0.0897. The Morgan fingerprint density at radius 1 is 1.17 bits per heavy atom. The molecule has 0 atom stereocenters. The fraction of sp³-hybridized carbons (Fsp3) is 0.571. The van der Waals surface area contributed by atoms with Gasteiger partial charge in [-0.15, -0.1) is 0 Å². The second-order valence-electron chi connectivity index (χ2n) is 6.51. The van der Waals surface area contributed by atoms with Gasteiger partial charge in [-0.1, -0.05) is 0 Å². The molecule has 0 fully saturated rings. The molecule has 98 valence electrons. The van der Waals surface area contributed by atoms with Gasteiger partial charge in [0.1, 0.15) is 0 Å². The van der Waals surface area contributed by atoms with Crippen molar-refractivity contribution in [3.05, 3.63) is 17.0 Å². The molecule has 4 nitrogen and oxygen atoms in total. The van der Waals surface area contributed by atoms with Crippen LogP contribution in [-0.2, 0) is 5.54 Å². The standard InChI is InChI=1S/C14H22N4/c1-7-8(15)9-10(17-13(7,2)3)11-12(16-9)14(4,5)18(11)6/h16-17H,15H2,1-6H3. The minimum Gasteiger partial charge on any atom is -0.397 e. The Kier molecular flexibility index (Phi) is 1.84. The Morgan fingerprint density at radius 3 is 2.39 bits per heavy atom. The van der Waals surface area contributed by atoms with Crippen LogP contribution >= 0.6 is 0 Å². The zero-order chi connectivity index (χ0) is 13.5. The molecule has 2 aliphatic heterocycles. The first-order valence-electron chi connectivity index (χ1n) is 6.43. The Morgan fingerprint density at radius 2 is 1.78 bits per heavy atom. The zero-order valence-electron chi connectivity index (χ0n) is 12.0. The largest absolute Gasteiger partial charge is 0.397 e. The molecule has 0 saturated heterocycles. The molecule has 3 rings (SSSR count). The van der Waals surface area contributed by atoms with Crippen molar-refractivity contribution >= 4 is 17.1 Å². The number of H-pyrrole nitrogens is 1. The molecule has 4 heteroatoms. The molecule has 0 unspecified atom stereocenters. The van der Waals surface area contributed by atoms with Crippen molar-refractivity contribution in [1.29, 1.82) is 0 Å². The van der Waals surface area contributed by atoms with Crippen LogP contribution in [0, 0.1) is 0 Å². The second-order valence-corrected chi connectivity index (χ2v) is 6.51. The number of nitrogens with two attached hydrogens (primary N) is 1. The molecule has 0 aliphatic carbocycles. The van der Waals surface area contributed by atoms with Crippen LogP contribution in [0.3, 0.4) is 0 Å². The summed E-state index contributed by atoms with van der Waals surface area (Å²) in [5.41, 5.74) is 13.1. The number of nitrogens with zero attached hydrogens (tertiary/aromatic N) is 1. The maximum absolute atomic E-state index is 6.30. The Balaban J connectivity index is 2.24. The SMILES string of the molecule is CC1=C(N)c2[nH]c3c(c2NC1(C)C)N(C)C3(C)C. The highest BCUT2D eigenvalue weighted by Crippen LogP contribution is 2.54. The maximum atomic E-state index is 6.30. The van der Waals surface area contributed by atoms with Crippen LogP contribution in [0.2, 0.25) is 0 Å².